The Morgan fingerprint density at radius 2 is 1.80 bits per heavy atom. The molecule has 0 aliphatic heterocycles. The Morgan fingerprint density at radius 1 is 1.24 bits per heavy atom. The highest BCUT2D eigenvalue weighted by atomic mass is 32.2. The molecule has 0 saturated heterocycles. The summed E-state index contributed by atoms with van der Waals surface area (Å²) in [5.41, 5.74) is 0.464. The zero-order valence-electron chi connectivity index (χ0n) is 15.4. The van der Waals surface area contributed by atoms with Crippen molar-refractivity contribution in [1.29, 1.82) is 0 Å². The number of rotatable bonds is 7. The van der Waals surface area contributed by atoms with Crippen LogP contribution in [0.1, 0.15) is 39.5 Å². The van der Waals surface area contributed by atoms with E-state index in [1.807, 2.05) is 6.92 Å². The second kappa shape index (κ2) is 8.08. The zero-order chi connectivity index (χ0) is 18.6. The lowest BCUT2D eigenvalue weighted by molar-refractivity contribution is -0.132. The number of nitrogens with zero attached hydrogens (tertiary/aromatic N) is 2. The molecule has 1 aromatic carbocycles. The third-order valence-corrected chi connectivity index (χ3v) is 5.93. The molecule has 0 bridgehead atoms. The summed E-state index contributed by atoms with van der Waals surface area (Å²) < 4.78 is 31.3. The number of anilines is 1. The molecular weight excluding hydrogens is 340 g/mol. The van der Waals surface area contributed by atoms with E-state index in [1.165, 1.54) is 4.31 Å². The van der Waals surface area contributed by atoms with E-state index < -0.39 is 16.1 Å². The Labute approximate surface area is 150 Å². The number of amides is 1. The molecule has 0 radical (unpaired) electrons. The summed E-state index contributed by atoms with van der Waals surface area (Å²) in [4.78, 5) is 14.6. The van der Waals surface area contributed by atoms with Gasteiger partial charge < -0.3 is 9.64 Å². The van der Waals surface area contributed by atoms with Gasteiger partial charge in [-0.15, -0.1) is 0 Å². The van der Waals surface area contributed by atoms with E-state index >= 15 is 0 Å². The average molecular weight is 368 g/mol. The van der Waals surface area contributed by atoms with E-state index in [9.17, 15) is 13.2 Å². The van der Waals surface area contributed by atoms with Gasteiger partial charge in [-0.05, 0) is 51.0 Å². The van der Waals surface area contributed by atoms with Crippen molar-refractivity contribution in [3.8, 4) is 5.75 Å². The van der Waals surface area contributed by atoms with Crippen LogP contribution in [0.15, 0.2) is 24.3 Å². The standard InChI is InChI=1S/C18H28N2O4S/c1-5-24-17-12-10-16(11-13-17)20(25(4,22)23)14(2)18(21)19(3)15-8-6-7-9-15/h10-15H,5-9H2,1-4H3/t14-/m1/s1. The Hall–Kier alpha value is -1.76. The van der Waals surface area contributed by atoms with E-state index in [4.69, 9.17) is 4.74 Å². The Kier molecular flexibility index (Phi) is 6.32. The van der Waals surface area contributed by atoms with Gasteiger partial charge in [0.05, 0.1) is 18.6 Å². The first-order valence-corrected chi connectivity index (χ1v) is 10.6. The lowest BCUT2D eigenvalue weighted by Gasteiger charge is -2.33. The number of benzene rings is 1. The van der Waals surface area contributed by atoms with Crippen LogP contribution in [0.3, 0.4) is 0 Å². The molecule has 140 valence electrons. The molecule has 0 aromatic heterocycles. The van der Waals surface area contributed by atoms with E-state index in [1.54, 1.807) is 43.1 Å². The first-order chi connectivity index (χ1) is 11.8. The third kappa shape index (κ3) is 4.66. The number of likely N-dealkylation sites (N-methyl/N-ethyl adjacent to an activating group) is 1. The summed E-state index contributed by atoms with van der Waals surface area (Å²) in [5.74, 6) is 0.493. The van der Waals surface area contributed by atoms with Crippen molar-refractivity contribution in [2.24, 2.45) is 0 Å². The third-order valence-electron chi connectivity index (χ3n) is 4.69. The Balaban J connectivity index is 2.25. The fourth-order valence-electron chi connectivity index (χ4n) is 3.42. The van der Waals surface area contributed by atoms with Gasteiger partial charge in [0.25, 0.3) is 0 Å². The first kappa shape index (κ1) is 19.6. The van der Waals surface area contributed by atoms with Gasteiger partial charge in [0.15, 0.2) is 0 Å². The number of carbonyl (C=O) groups excluding carboxylic acids is 1. The zero-order valence-corrected chi connectivity index (χ0v) is 16.3. The number of hydrogen-bond acceptors (Lipinski definition) is 4. The van der Waals surface area contributed by atoms with Crippen molar-refractivity contribution in [1.82, 2.24) is 4.90 Å². The average Bonchev–Trinajstić information content (AvgIpc) is 3.08. The van der Waals surface area contributed by atoms with Crippen molar-refractivity contribution in [2.75, 3.05) is 24.2 Å². The topological polar surface area (TPSA) is 66.9 Å². The highest BCUT2D eigenvalue weighted by Crippen LogP contribution is 2.27. The fraction of sp³-hybridized carbons (Fsp3) is 0.611. The molecule has 6 nitrogen and oxygen atoms in total. The second-order valence-corrected chi connectivity index (χ2v) is 8.41. The van der Waals surface area contributed by atoms with Crippen LogP contribution in [-0.2, 0) is 14.8 Å². The van der Waals surface area contributed by atoms with Crippen LogP contribution in [-0.4, -0.2) is 51.2 Å². The molecular formula is C18H28N2O4S. The van der Waals surface area contributed by atoms with E-state index in [-0.39, 0.29) is 11.9 Å². The fourth-order valence-corrected chi connectivity index (χ4v) is 4.59. The summed E-state index contributed by atoms with van der Waals surface area (Å²) in [7, 11) is -1.83. The van der Waals surface area contributed by atoms with Gasteiger partial charge in [-0.25, -0.2) is 8.42 Å². The molecule has 0 spiro atoms. The lowest BCUT2D eigenvalue weighted by Crippen LogP contribution is -2.50. The minimum absolute atomic E-state index is 0.175. The molecule has 25 heavy (non-hydrogen) atoms. The largest absolute Gasteiger partial charge is 0.494 e. The summed E-state index contributed by atoms with van der Waals surface area (Å²) in [5, 5.41) is 0. The predicted molar refractivity (Wildman–Crippen MR) is 99.4 cm³/mol. The van der Waals surface area contributed by atoms with Gasteiger partial charge in [-0.2, -0.15) is 0 Å². The molecule has 1 fully saturated rings. The summed E-state index contributed by atoms with van der Waals surface area (Å²) in [6, 6.07) is 6.19. The maximum absolute atomic E-state index is 12.9. The van der Waals surface area contributed by atoms with Gasteiger partial charge >= 0.3 is 0 Å². The molecule has 2 rings (SSSR count). The quantitative estimate of drug-likeness (QED) is 0.742. The van der Waals surface area contributed by atoms with Crippen molar-refractivity contribution >= 4 is 21.6 Å². The van der Waals surface area contributed by atoms with Crippen molar-refractivity contribution in [3.05, 3.63) is 24.3 Å². The van der Waals surface area contributed by atoms with Crippen molar-refractivity contribution < 1.29 is 17.9 Å². The van der Waals surface area contributed by atoms with Gasteiger partial charge in [0, 0.05) is 13.1 Å². The van der Waals surface area contributed by atoms with Crippen LogP contribution in [0.4, 0.5) is 5.69 Å². The number of carbonyl (C=O) groups is 1. The van der Waals surface area contributed by atoms with Crippen LogP contribution in [0.2, 0.25) is 0 Å². The molecule has 1 saturated carbocycles. The molecule has 0 N–H and O–H groups in total. The van der Waals surface area contributed by atoms with E-state index in [0.717, 1.165) is 31.9 Å². The Bertz CT molecular complexity index is 682. The number of ether oxygens (including phenoxy) is 1. The van der Waals surface area contributed by atoms with Gasteiger partial charge in [-0.3, -0.25) is 9.10 Å². The molecule has 0 heterocycles. The first-order valence-electron chi connectivity index (χ1n) is 8.74. The smallest absolute Gasteiger partial charge is 0.246 e. The molecule has 1 aromatic rings. The highest BCUT2D eigenvalue weighted by Gasteiger charge is 2.33. The lowest BCUT2D eigenvalue weighted by atomic mass is 10.2. The number of sulfonamides is 1. The monoisotopic (exact) mass is 368 g/mol. The second-order valence-electron chi connectivity index (χ2n) is 6.55. The highest BCUT2D eigenvalue weighted by molar-refractivity contribution is 7.92. The Morgan fingerprint density at radius 3 is 2.28 bits per heavy atom. The normalized spacial score (nSPS) is 16.5. The predicted octanol–water partition coefficient (Wildman–Crippen LogP) is 2.64. The molecule has 1 amide bonds. The van der Waals surface area contributed by atoms with Gasteiger partial charge in [0.1, 0.15) is 11.8 Å². The minimum atomic E-state index is -3.60. The molecule has 1 aliphatic rings. The SMILES string of the molecule is CCOc1ccc(N([C@H](C)C(=O)N(C)C2CCCC2)S(C)(=O)=O)cc1. The maximum atomic E-state index is 12.9. The van der Waals surface area contributed by atoms with Gasteiger partial charge in [-0.1, -0.05) is 12.8 Å². The summed E-state index contributed by atoms with van der Waals surface area (Å²) >= 11 is 0. The van der Waals surface area contributed by atoms with Crippen molar-refractivity contribution in [2.45, 2.75) is 51.6 Å². The van der Waals surface area contributed by atoms with E-state index in [2.05, 4.69) is 0 Å². The molecule has 1 atom stereocenters. The molecule has 1 aliphatic carbocycles. The van der Waals surface area contributed by atoms with E-state index in [0.29, 0.717) is 18.0 Å². The molecule has 7 heteroatoms. The van der Waals surface area contributed by atoms with Crippen LogP contribution in [0, 0.1) is 0 Å². The summed E-state index contributed by atoms with van der Waals surface area (Å²) in [6.07, 6.45) is 5.33. The van der Waals surface area contributed by atoms with Crippen molar-refractivity contribution in [3.63, 3.8) is 0 Å². The summed E-state index contributed by atoms with van der Waals surface area (Å²) in [6.45, 7) is 4.07. The minimum Gasteiger partial charge on any atom is -0.494 e. The maximum Gasteiger partial charge on any atom is 0.246 e. The molecule has 0 unspecified atom stereocenters. The van der Waals surface area contributed by atoms with Crippen LogP contribution >= 0.6 is 0 Å². The van der Waals surface area contributed by atoms with Gasteiger partial charge in [0.2, 0.25) is 15.9 Å². The van der Waals surface area contributed by atoms with Crippen LogP contribution < -0.4 is 9.04 Å². The number of hydrogen-bond donors (Lipinski definition) is 0. The van der Waals surface area contributed by atoms with Crippen LogP contribution in [0.25, 0.3) is 0 Å². The van der Waals surface area contributed by atoms with Crippen LogP contribution in [0.5, 0.6) is 5.75 Å².